The summed E-state index contributed by atoms with van der Waals surface area (Å²) in [5.74, 6) is 1.73. The summed E-state index contributed by atoms with van der Waals surface area (Å²) < 4.78 is 31.2. The fourth-order valence-electron chi connectivity index (χ4n) is 3.23. The lowest BCUT2D eigenvalue weighted by atomic mass is 10.2. The molecule has 140 valence electrons. The molecule has 1 saturated heterocycles. The summed E-state index contributed by atoms with van der Waals surface area (Å²) in [6.45, 7) is 0. The van der Waals surface area contributed by atoms with Crippen LogP contribution in [0.1, 0.15) is 18.9 Å². The molecular weight excluding hydrogens is 366 g/mol. The Morgan fingerprint density at radius 3 is 2.74 bits per heavy atom. The lowest BCUT2D eigenvalue weighted by molar-refractivity contribution is 0.396. The van der Waals surface area contributed by atoms with Gasteiger partial charge in [-0.25, -0.2) is 28.1 Å². The van der Waals surface area contributed by atoms with E-state index >= 15 is 0 Å². The van der Waals surface area contributed by atoms with E-state index < -0.39 is 9.84 Å². The minimum atomic E-state index is -3.09. The van der Waals surface area contributed by atoms with E-state index in [4.69, 9.17) is 4.74 Å². The number of nitrogens with zero attached hydrogens (tertiary/aromatic N) is 5. The summed E-state index contributed by atoms with van der Waals surface area (Å²) in [4.78, 5) is 13.0. The minimum absolute atomic E-state index is 0.0554. The van der Waals surface area contributed by atoms with Crippen molar-refractivity contribution in [3.05, 3.63) is 42.7 Å². The molecule has 3 aromatic rings. The highest BCUT2D eigenvalue weighted by Crippen LogP contribution is 2.30. The predicted molar refractivity (Wildman–Crippen MR) is 100.0 cm³/mol. The number of methoxy groups -OCH3 is 1. The summed E-state index contributed by atoms with van der Waals surface area (Å²) >= 11 is 0. The van der Waals surface area contributed by atoms with Crippen molar-refractivity contribution in [1.29, 1.82) is 0 Å². The first-order valence-electron chi connectivity index (χ1n) is 8.64. The Bertz CT molecular complexity index is 1050. The molecule has 1 aromatic carbocycles. The second-order valence-corrected chi connectivity index (χ2v) is 8.65. The van der Waals surface area contributed by atoms with Crippen LogP contribution in [-0.2, 0) is 9.84 Å². The summed E-state index contributed by atoms with van der Waals surface area (Å²) in [7, 11) is -1.57. The Labute approximate surface area is 157 Å². The van der Waals surface area contributed by atoms with E-state index in [1.165, 1.54) is 13.4 Å². The second-order valence-electron chi connectivity index (χ2n) is 6.43. The Morgan fingerprint density at radius 2 is 2.00 bits per heavy atom. The molecule has 1 unspecified atom stereocenters. The largest absolute Gasteiger partial charge is 0.481 e. The average molecular weight is 385 g/mol. The van der Waals surface area contributed by atoms with E-state index in [1.807, 2.05) is 30.3 Å². The number of aromatic nitrogens is 5. The zero-order chi connectivity index (χ0) is 18.9. The molecule has 1 aliphatic heterocycles. The van der Waals surface area contributed by atoms with Crippen molar-refractivity contribution >= 4 is 9.84 Å². The molecule has 2 aromatic heterocycles. The van der Waals surface area contributed by atoms with Gasteiger partial charge in [-0.2, -0.15) is 5.10 Å². The van der Waals surface area contributed by atoms with Gasteiger partial charge in [-0.3, -0.25) is 0 Å². The lowest BCUT2D eigenvalue weighted by Gasteiger charge is -2.23. The van der Waals surface area contributed by atoms with Crippen LogP contribution in [0.5, 0.6) is 5.88 Å². The van der Waals surface area contributed by atoms with Crippen LogP contribution in [0.2, 0.25) is 0 Å². The third kappa shape index (κ3) is 3.68. The van der Waals surface area contributed by atoms with E-state index in [2.05, 4.69) is 20.1 Å². The molecule has 3 heterocycles. The van der Waals surface area contributed by atoms with Crippen LogP contribution < -0.4 is 4.74 Å². The fraction of sp³-hybridized carbons (Fsp3) is 0.333. The number of sulfone groups is 1. The molecule has 0 aliphatic carbocycles. The highest BCUT2D eigenvalue weighted by molar-refractivity contribution is 7.91. The summed E-state index contributed by atoms with van der Waals surface area (Å²) in [5.41, 5.74) is 1.40. The third-order valence-electron chi connectivity index (χ3n) is 4.53. The molecule has 1 fully saturated rings. The van der Waals surface area contributed by atoms with Crippen molar-refractivity contribution in [2.24, 2.45) is 0 Å². The van der Waals surface area contributed by atoms with E-state index in [1.54, 1.807) is 10.7 Å². The maximum absolute atomic E-state index is 12.2. The first kappa shape index (κ1) is 17.6. The molecule has 8 nitrogen and oxygen atoms in total. The zero-order valence-electron chi connectivity index (χ0n) is 14.8. The quantitative estimate of drug-likeness (QED) is 0.678. The molecule has 0 saturated carbocycles. The maximum atomic E-state index is 12.2. The van der Waals surface area contributed by atoms with Gasteiger partial charge in [0.2, 0.25) is 5.88 Å². The Morgan fingerprint density at radius 1 is 1.19 bits per heavy atom. The van der Waals surface area contributed by atoms with E-state index in [0.29, 0.717) is 29.6 Å². The monoisotopic (exact) mass is 385 g/mol. The Balaban J connectivity index is 1.84. The molecule has 1 aliphatic rings. The molecule has 0 amide bonds. The average Bonchev–Trinajstić information content (AvgIpc) is 3.13. The molecule has 0 spiro atoms. The number of ether oxygens (including phenoxy) is 1. The fourth-order valence-corrected chi connectivity index (χ4v) is 4.89. The lowest BCUT2D eigenvalue weighted by Crippen LogP contribution is -2.28. The standard InChI is InChI=1S/C18H19N5O3S/c1-26-16-10-15(19-12-20-16)18-21-17(13-6-3-2-4-7-13)22-23(18)14-8-5-9-27(24,25)11-14/h2-4,6-7,10,12,14H,5,8-9,11H2,1H3. The van der Waals surface area contributed by atoms with Gasteiger partial charge in [0, 0.05) is 11.6 Å². The van der Waals surface area contributed by atoms with Crippen LogP contribution in [0.25, 0.3) is 22.9 Å². The van der Waals surface area contributed by atoms with Crippen molar-refractivity contribution in [1.82, 2.24) is 24.7 Å². The van der Waals surface area contributed by atoms with Crippen molar-refractivity contribution < 1.29 is 13.2 Å². The van der Waals surface area contributed by atoms with Gasteiger partial charge >= 0.3 is 0 Å². The Hall–Kier alpha value is -2.81. The molecule has 0 N–H and O–H groups in total. The van der Waals surface area contributed by atoms with Crippen molar-refractivity contribution in [3.8, 4) is 28.8 Å². The normalized spacial score (nSPS) is 18.9. The molecule has 1 atom stereocenters. The van der Waals surface area contributed by atoms with Crippen LogP contribution in [0.4, 0.5) is 0 Å². The summed E-state index contributed by atoms with van der Waals surface area (Å²) in [6.07, 6.45) is 2.74. The second kappa shape index (κ2) is 7.07. The molecule has 27 heavy (non-hydrogen) atoms. The first-order valence-corrected chi connectivity index (χ1v) is 10.5. The summed E-state index contributed by atoms with van der Waals surface area (Å²) in [6, 6.07) is 11.0. The number of benzene rings is 1. The molecule has 9 heteroatoms. The van der Waals surface area contributed by atoms with Crippen LogP contribution in [0, 0.1) is 0 Å². The molecule has 4 rings (SSSR count). The maximum Gasteiger partial charge on any atom is 0.216 e. The van der Waals surface area contributed by atoms with Gasteiger partial charge in [-0.15, -0.1) is 0 Å². The smallest absolute Gasteiger partial charge is 0.216 e. The predicted octanol–water partition coefficient (Wildman–Crippen LogP) is 2.16. The molecular formula is C18H19N5O3S. The van der Waals surface area contributed by atoms with Crippen LogP contribution in [0.15, 0.2) is 42.7 Å². The van der Waals surface area contributed by atoms with E-state index in [0.717, 1.165) is 12.0 Å². The van der Waals surface area contributed by atoms with Gasteiger partial charge in [0.05, 0.1) is 24.7 Å². The van der Waals surface area contributed by atoms with Gasteiger partial charge in [0.15, 0.2) is 21.5 Å². The number of hydrogen-bond acceptors (Lipinski definition) is 7. The van der Waals surface area contributed by atoms with Crippen molar-refractivity contribution in [3.63, 3.8) is 0 Å². The van der Waals surface area contributed by atoms with Crippen molar-refractivity contribution in [2.75, 3.05) is 18.6 Å². The van der Waals surface area contributed by atoms with Gasteiger partial charge in [-0.1, -0.05) is 30.3 Å². The van der Waals surface area contributed by atoms with Crippen LogP contribution >= 0.6 is 0 Å². The van der Waals surface area contributed by atoms with E-state index in [9.17, 15) is 8.42 Å². The van der Waals surface area contributed by atoms with Gasteiger partial charge in [0.25, 0.3) is 0 Å². The Kier molecular flexibility index (Phi) is 4.61. The third-order valence-corrected chi connectivity index (χ3v) is 6.33. The summed E-state index contributed by atoms with van der Waals surface area (Å²) in [5, 5.41) is 4.64. The minimum Gasteiger partial charge on any atom is -0.481 e. The topological polar surface area (TPSA) is 99.9 Å². The highest BCUT2D eigenvalue weighted by atomic mass is 32.2. The van der Waals surface area contributed by atoms with Crippen molar-refractivity contribution in [2.45, 2.75) is 18.9 Å². The molecule has 0 bridgehead atoms. The van der Waals surface area contributed by atoms with Gasteiger partial charge < -0.3 is 4.74 Å². The highest BCUT2D eigenvalue weighted by Gasteiger charge is 2.30. The van der Waals surface area contributed by atoms with Gasteiger partial charge in [-0.05, 0) is 12.8 Å². The van der Waals surface area contributed by atoms with Crippen LogP contribution in [-0.4, -0.2) is 51.8 Å². The van der Waals surface area contributed by atoms with E-state index in [-0.39, 0.29) is 17.5 Å². The number of rotatable bonds is 4. The molecule has 0 radical (unpaired) electrons. The first-order chi connectivity index (χ1) is 13.1. The SMILES string of the molecule is COc1cc(-c2nc(-c3ccccc3)nn2C2CCCS(=O)(=O)C2)ncn1. The van der Waals surface area contributed by atoms with Gasteiger partial charge in [0.1, 0.15) is 12.0 Å². The van der Waals surface area contributed by atoms with Crippen LogP contribution in [0.3, 0.4) is 0 Å². The zero-order valence-corrected chi connectivity index (χ0v) is 15.6. The number of hydrogen-bond donors (Lipinski definition) is 0.